The van der Waals surface area contributed by atoms with Crippen molar-refractivity contribution >= 4 is 5.91 Å². The first-order chi connectivity index (χ1) is 15.6. The number of hydrogen-bond donors (Lipinski definition) is 1. The third kappa shape index (κ3) is 5.99. The maximum absolute atomic E-state index is 13.1. The maximum atomic E-state index is 13.1. The lowest BCUT2D eigenvalue weighted by molar-refractivity contribution is -0.122. The Kier molecular flexibility index (Phi) is 7.24. The predicted molar refractivity (Wildman–Crippen MR) is 119 cm³/mol. The van der Waals surface area contributed by atoms with Crippen molar-refractivity contribution < 1.29 is 13.7 Å². The van der Waals surface area contributed by atoms with Crippen LogP contribution in [0.2, 0.25) is 0 Å². The Morgan fingerprint density at radius 1 is 1.09 bits per heavy atom. The number of aromatic nitrogens is 2. The molecule has 8 heteroatoms. The van der Waals surface area contributed by atoms with Crippen molar-refractivity contribution in [3.63, 3.8) is 0 Å². The molecule has 0 spiro atoms. The smallest absolute Gasteiger partial charge is 0.227 e. The van der Waals surface area contributed by atoms with Crippen LogP contribution in [-0.4, -0.2) is 65.6 Å². The molecule has 2 aromatic carbocycles. The summed E-state index contributed by atoms with van der Waals surface area (Å²) in [5.74, 6) is 0.389. The minimum atomic E-state index is -0.321. The number of rotatable bonds is 8. The molecule has 0 bridgehead atoms. The number of likely N-dealkylation sites (N-methyl/N-ethyl adjacent to an activating group) is 1. The molecular weight excluding hydrogens is 409 g/mol. The standard InChI is InChI=1S/C24H28FN5O2/c1-29-13-15-30(16-14-29)17-21(18-5-3-2-4-6-18)26-22(31)11-12-23-27-24(28-32-23)19-7-9-20(25)10-8-19/h2-10,21H,11-17H2,1H3,(H,26,31). The van der Waals surface area contributed by atoms with E-state index in [-0.39, 0.29) is 24.2 Å². The Hall–Kier alpha value is -3.10. The van der Waals surface area contributed by atoms with Crippen LogP contribution in [0.15, 0.2) is 59.1 Å². The van der Waals surface area contributed by atoms with Crippen LogP contribution in [0, 0.1) is 5.82 Å². The second-order valence-electron chi connectivity index (χ2n) is 8.15. The first-order valence-corrected chi connectivity index (χ1v) is 10.9. The van der Waals surface area contributed by atoms with E-state index in [9.17, 15) is 9.18 Å². The van der Waals surface area contributed by atoms with Gasteiger partial charge in [0.1, 0.15) is 5.82 Å². The number of benzene rings is 2. The normalized spacial score (nSPS) is 16.1. The number of nitrogens with zero attached hydrogens (tertiary/aromatic N) is 4. The van der Waals surface area contributed by atoms with Gasteiger partial charge in [-0.15, -0.1) is 0 Å². The summed E-state index contributed by atoms with van der Waals surface area (Å²) < 4.78 is 18.4. The van der Waals surface area contributed by atoms with Crippen molar-refractivity contribution in [2.24, 2.45) is 0 Å². The maximum Gasteiger partial charge on any atom is 0.227 e. The number of halogens is 1. The monoisotopic (exact) mass is 437 g/mol. The van der Waals surface area contributed by atoms with Crippen LogP contribution in [0.3, 0.4) is 0 Å². The van der Waals surface area contributed by atoms with E-state index in [0.29, 0.717) is 23.7 Å². The number of carbonyl (C=O) groups excluding carboxylic acids is 1. The summed E-state index contributed by atoms with van der Waals surface area (Å²) in [6, 6.07) is 15.9. The highest BCUT2D eigenvalue weighted by Gasteiger charge is 2.21. The molecule has 0 aliphatic carbocycles. The fourth-order valence-electron chi connectivity index (χ4n) is 3.77. The SMILES string of the molecule is CN1CCN(CC(NC(=O)CCc2nc(-c3ccc(F)cc3)no2)c2ccccc2)CC1. The summed E-state index contributed by atoms with van der Waals surface area (Å²) in [5, 5.41) is 7.12. The van der Waals surface area contributed by atoms with E-state index >= 15 is 0 Å². The molecule has 32 heavy (non-hydrogen) atoms. The number of amides is 1. The van der Waals surface area contributed by atoms with Crippen molar-refractivity contribution in [2.45, 2.75) is 18.9 Å². The van der Waals surface area contributed by atoms with E-state index in [1.807, 2.05) is 30.3 Å². The van der Waals surface area contributed by atoms with Gasteiger partial charge in [-0.05, 0) is 36.9 Å². The lowest BCUT2D eigenvalue weighted by atomic mass is 10.1. The van der Waals surface area contributed by atoms with Gasteiger partial charge in [0.2, 0.25) is 17.6 Å². The van der Waals surface area contributed by atoms with E-state index in [1.165, 1.54) is 12.1 Å². The van der Waals surface area contributed by atoms with Crippen LogP contribution in [0.1, 0.15) is 23.9 Å². The third-order valence-electron chi connectivity index (χ3n) is 5.71. The number of piperazine rings is 1. The molecule has 3 aromatic rings. The van der Waals surface area contributed by atoms with Crippen LogP contribution in [-0.2, 0) is 11.2 Å². The van der Waals surface area contributed by atoms with Crippen molar-refractivity contribution in [1.29, 1.82) is 0 Å². The van der Waals surface area contributed by atoms with Gasteiger partial charge in [-0.25, -0.2) is 4.39 Å². The van der Waals surface area contributed by atoms with E-state index in [2.05, 4.69) is 32.3 Å². The van der Waals surface area contributed by atoms with E-state index in [4.69, 9.17) is 4.52 Å². The van der Waals surface area contributed by atoms with Crippen LogP contribution in [0.25, 0.3) is 11.4 Å². The summed E-state index contributed by atoms with van der Waals surface area (Å²) in [6.07, 6.45) is 0.590. The largest absolute Gasteiger partial charge is 0.348 e. The average Bonchev–Trinajstić information content (AvgIpc) is 3.29. The van der Waals surface area contributed by atoms with Gasteiger partial charge in [0.25, 0.3) is 0 Å². The number of hydrogen-bond acceptors (Lipinski definition) is 6. The zero-order valence-corrected chi connectivity index (χ0v) is 18.2. The van der Waals surface area contributed by atoms with Gasteiger partial charge in [0, 0.05) is 51.1 Å². The van der Waals surface area contributed by atoms with Gasteiger partial charge >= 0.3 is 0 Å². The quantitative estimate of drug-likeness (QED) is 0.584. The van der Waals surface area contributed by atoms with E-state index in [1.54, 1.807) is 12.1 Å². The summed E-state index contributed by atoms with van der Waals surface area (Å²) in [4.78, 5) is 21.8. The number of nitrogens with one attached hydrogen (secondary N) is 1. The average molecular weight is 438 g/mol. The molecule has 1 aliphatic heterocycles. The molecule has 0 radical (unpaired) electrons. The number of aryl methyl sites for hydroxylation is 1. The van der Waals surface area contributed by atoms with Crippen LogP contribution >= 0.6 is 0 Å². The van der Waals surface area contributed by atoms with Crippen LogP contribution < -0.4 is 5.32 Å². The molecule has 1 amide bonds. The Morgan fingerprint density at radius 3 is 2.53 bits per heavy atom. The molecule has 168 valence electrons. The Morgan fingerprint density at radius 2 is 1.81 bits per heavy atom. The minimum absolute atomic E-state index is 0.0606. The highest BCUT2D eigenvalue weighted by molar-refractivity contribution is 5.76. The lowest BCUT2D eigenvalue weighted by Crippen LogP contribution is -2.47. The summed E-state index contributed by atoms with van der Waals surface area (Å²) >= 11 is 0. The number of carbonyl (C=O) groups is 1. The van der Waals surface area contributed by atoms with Gasteiger partial charge in [-0.3, -0.25) is 9.69 Å². The molecule has 1 fully saturated rings. The van der Waals surface area contributed by atoms with E-state index in [0.717, 1.165) is 38.3 Å². The molecule has 0 saturated carbocycles. The van der Waals surface area contributed by atoms with Crippen molar-refractivity contribution in [3.05, 3.63) is 71.9 Å². The zero-order valence-electron chi connectivity index (χ0n) is 18.2. The molecule has 1 aliphatic rings. The highest BCUT2D eigenvalue weighted by Crippen LogP contribution is 2.18. The molecule has 1 unspecified atom stereocenters. The second-order valence-corrected chi connectivity index (χ2v) is 8.15. The first-order valence-electron chi connectivity index (χ1n) is 10.9. The molecule has 2 heterocycles. The summed E-state index contributed by atoms with van der Waals surface area (Å²) in [6.45, 7) is 4.82. The van der Waals surface area contributed by atoms with Crippen molar-refractivity contribution in [2.75, 3.05) is 39.8 Å². The molecule has 1 aromatic heterocycles. The molecule has 1 saturated heterocycles. The molecule has 7 nitrogen and oxygen atoms in total. The summed E-state index contributed by atoms with van der Waals surface area (Å²) in [5.41, 5.74) is 1.76. The molecule has 1 atom stereocenters. The topological polar surface area (TPSA) is 74.5 Å². The molecule has 4 rings (SSSR count). The Labute approximate surface area is 187 Å². The van der Waals surface area contributed by atoms with Gasteiger partial charge in [-0.2, -0.15) is 4.98 Å². The molecule has 1 N–H and O–H groups in total. The zero-order chi connectivity index (χ0) is 22.3. The van der Waals surface area contributed by atoms with Gasteiger partial charge in [-0.1, -0.05) is 35.5 Å². The third-order valence-corrected chi connectivity index (χ3v) is 5.71. The summed E-state index contributed by atoms with van der Waals surface area (Å²) in [7, 11) is 2.13. The Bertz CT molecular complexity index is 1000. The van der Waals surface area contributed by atoms with Crippen molar-refractivity contribution in [1.82, 2.24) is 25.3 Å². The predicted octanol–water partition coefficient (Wildman–Crippen LogP) is 2.91. The fraction of sp³-hybridized carbons (Fsp3) is 0.375. The molecular formula is C24H28FN5O2. The second kappa shape index (κ2) is 10.5. The fourth-order valence-corrected chi connectivity index (χ4v) is 3.77. The Balaban J connectivity index is 1.34. The first kappa shape index (κ1) is 22.1. The van der Waals surface area contributed by atoms with Crippen molar-refractivity contribution in [3.8, 4) is 11.4 Å². The van der Waals surface area contributed by atoms with E-state index < -0.39 is 0 Å². The van der Waals surface area contributed by atoms with Gasteiger partial charge in [0.05, 0.1) is 6.04 Å². The van der Waals surface area contributed by atoms with Crippen LogP contribution in [0.5, 0.6) is 0 Å². The lowest BCUT2D eigenvalue weighted by Gasteiger charge is -2.35. The van der Waals surface area contributed by atoms with Gasteiger partial charge in [0.15, 0.2) is 0 Å². The highest BCUT2D eigenvalue weighted by atomic mass is 19.1. The minimum Gasteiger partial charge on any atom is -0.348 e. The van der Waals surface area contributed by atoms with Gasteiger partial charge < -0.3 is 14.7 Å². The van der Waals surface area contributed by atoms with Crippen LogP contribution in [0.4, 0.5) is 4.39 Å².